The SMILES string of the molecule is CCCc1cnc2c(O[C@@H]3O[C@H](COC(C)=O)[C@@H](OC(C)=O)[C@H](OC(C)=O)[C@H]3OC(C)=O)cccn2c1=O. The standard InChI is InChI=1S/C25H30N2O11/c1-6-8-17-11-26-23-18(9-7-10-27(23)24(17)32)37-25-22(36-16(5)31)21(35-15(4)30)20(34-14(3)29)19(38-25)12-33-13(2)28/h7,9-11,19-22,25H,6,8,12H2,1-5H3/t19-,20-,21+,22-,25-/m1/s1. The molecule has 0 unspecified atom stereocenters. The molecule has 0 N–H and O–H groups in total. The Kier molecular flexibility index (Phi) is 9.40. The van der Waals surface area contributed by atoms with Crippen molar-refractivity contribution in [3.8, 4) is 5.75 Å². The number of hydrogen-bond donors (Lipinski definition) is 0. The van der Waals surface area contributed by atoms with Crippen LogP contribution in [0.5, 0.6) is 5.75 Å². The molecule has 1 aliphatic rings. The number of esters is 4. The first-order valence-corrected chi connectivity index (χ1v) is 12.0. The second-order valence-corrected chi connectivity index (χ2v) is 8.59. The van der Waals surface area contributed by atoms with Crippen molar-refractivity contribution in [3.05, 3.63) is 40.4 Å². The van der Waals surface area contributed by atoms with Gasteiger partial charge in [0, 0.05) is 45.7 Å². The van der Waals surface area contributed by atoms with E-state index < -0.39 is 61.2 Å². The van der Waals surface area contributed by atoms with Gasteiger partial charge < -0.3 is 28.4 Å². The highest BCUT2D eigenvalue weighted by atomic mass is 16.7. The number of rotatable bonds is 9. The molecule has 0 saturated carbocycles. The van der Waals surface area contributed by atoms with Crippen LogP contribution in [0.2, 0.25) is 0 Å². The Labute approximate surface area is 217 Å². The number of ether oxygens (including phenoxy) is 6. The molecule has 0 aliphatic carbocycles. The topological polar surface area (TPSA) is 158 Å². The number of aromatic nitrogens is 2. The molecular formula is C25H30N2O11. The first-order valence-electron chi connectivity index (χ1n) is 12.0. The van der Waals surface area contributed by atoms with Crippen LogP contribution in [0.4, 0.5) is 0 Å². The van der Waals surface area contributed by atoms with Crippen molar-refractivity contribution in [2.24, 2.45) is 0 Å². The summed E-state index contributed by atoms with van der Waals surface area (Å²) in [5.74, 6) is -2.82. The summed E-state index contributed by atoms with van der Waals surface area (Å²) in [5.41, 5.74) is 0.406. The van der Waals surface area contributed by atoms with Crippen LogP contribution in [-0.4, -0.2) is 70.6 Å². The molecule has 2 aromatic heterocycles. The molecule has 3 heterocycles. The van der Waals surface area contributed by atoms with Crippen molar-refractivity contribution < 1.29 is 47.6 Å². The second kappa shape index (κ2) is 12.5. The van der Waals surface area contributed by atoms with Crippen molar-refractivity contribution in [3.63, 3.8) is 0 Å². The fourth-order valence-corrected chi connectivity index (χ4v) is 4.06. The summed E-state index contributed by atoms with van der Waals surface area (Å²) in [6.45, 7) is 6.10. The zero-order valence-electron chi connectivity index (χ0n) is 21.7. The van der Waals surface area contributed by atoms with E-state index in [1.165, 1.54) is 29.8 Å². The minimum Gasteiger partial charge on any atom is -0.463 e. The van der Waals surface area contributed by atoms with E-state index >= 15 is 0 Å². The van der Waals surface area contributed by atoms with Crippen LogP contribution in [0.3, 0.4) is 0 Å². The molecule has 206 valence electrons. The molecule has 13 nitrogen and oxygen atoms in total. The lowest BCUT2D eigenvalue weighted by molar-refractivity contribution is -0.288. The molecule has 0 radical (unpaired) electrons. The monoisotopic (exact) mass is 534 g/mol. The molecular weight excluding hydrogens is 504 g/mol. The third kappa shape index (κ3) is 6.85. The molecule has 38 heavy (non-hydrogen) atoms. The first-order chi connectivity index (χ1) is 18.0. The summed E-state index contributed by atoms with van der Waals surface area (Å²) in [7, 11) is 0. The number of pyridine rings is 1. The van der Waals surface area contributed by atoms with Gasteiger partial charge in [0.25, 0.3) is 5.56 Å². The lowest BCUT2D eigenvalue weighted by Gasteiger charge is -2.43. The van der Waals surface area contributed by atoms with Gasteiger partial charge in [-0.2, -0.15) is 0 Å². The van der Waals surface area contributed by atoms with Gasteiger partial charge in [-0.05, 0) is 18.6 Å². The Morgan fingerprint density at radius 2 is 1.58 bits per heavy atom. The summed E-state index contributed by atoms with van der Waals surface area (Å²) in [5, 5.41) is 0. The molecule has 3 rings (SSSR count). The summed E-state index contributed by atoms with van der Waals surface area (Å²) in [6, 6.07) is 3.09. The molecule has 0 spiro atoms. The van der Waals surface area contributed by atoms with E-state index in [2.05, 4.69) is 4.98 Å². The Hall–Kier alpha value is -4.00. The van der Waals surface area contributed by atoms with Crippen molar-refractivity contribution in [2.75, 3.05) is 6.61 Å². The maximum atomic E-state index is 12.9. The highest BCUT2D eigenvalue weighted by Gasteiger charge is 2.53. The van der Waals surface area contributed by atoms with Gasteiger partial charge >= 0.3 is 23.9 Å². The van der Waals surface area contributed by atoms with E-state index in [-0.39, 0.29) is 17.0 Å². The van der Waals surface area contributed by atoms with E-state index in [1.54, 1.807) is 6.07 Å². The van der Waals surface area contributed by atoms with Gasteiger partial charge in [-0.25, -0.2) is 4.98 Å². The average molecular weight is 535 g/mol. The maximum Gasteiger partial charge on any atom is 0.303 e. The van der Waals surface area contributed by atoms with Gasteiger partial charge in [0.15, 0.2) is 23.6 Å². The van der Waals surface area contributed by atoms with Crippen molar-refractivity contribution in [2.45, 2.75) is 78.2 Å². The smallest absolute Gasteiger partial charge is 0.303 e. The fraction of sp³-hybridized carbons (Fsp3) is 0.520. The zero-order chi connectivity index (χ0) is 28.0. The summed E-state index contributed by atoms with van der Waals surface area (Å²) in [6.07, 6.45) is -2.46. The number of hydrogen-bond acceptors (Lipinski definition) is 12. The number of aryl methyl sites for hydroxylation is 1. The molecule has 0 amide bonds. The predicted molar refractivity (Wildman–Crippen MR) is 128 cm³/mol. The van der Waals surface area contributed by atoms with Gasteiger partial charge in [0.2, 0.25) is 12.4 Å². The normalized spacial score (nSPS) is 22.8. The van der Waals surface area contributed by atoms with Gasteiger partial charge in [-0.1, -0.05) is 13.3 Å². The molecule has 1 aliphatic heterocycles. The van der Waals surface area contributed by atoms with Crippen LogP contribution in [0.1, 0.15) is 46.6 Å². The van der Waals surface area contributed by atoms with E-state index in [0.29, 0.717) is 12.0 Å². The molecule has 1 saturated heterocycles. The Bertz CT molecular complexity index is 1260. The minimum absolute atomic E-state index is 0.0912. The average Bonchev–Trinajstić information content (AvgIpc) is 2.83. The summed E-state index contributed by atoms with van der Waals surface area (Å²) < 4.78 is 34.5. The van der Waals surface area contributed by atoms with E-state index in [9.17, 15) is 24.0 Å². The molecule has 13 heteroatoms. The van der Waals surface area contributed by atoms with E-state index in [0.717, 1.165) is 27.2 Å². The van der Waals surface area contributed by atoms with E-state index in [1.807, 2.05) is 6.92 Å². The maximum absolute atomic E-state index is 12.9. The van der Waals surface area contributed by atoms with Crippen molar-refractivity contribution >= 4 is 29.5 Å². The lowest BCUT2D eigenvalue weighted by atomic mass is 9.98. The first kappa shape index (κ1) is 28.6. The molecule has 2 aromatic rings. The Balaban J connectivity index is 2.07. The van der Waals surface area contributed by atoms with Crippen LogP contribution < -0.4 is 10.3 Å². The third-order valence-electron chi connectivity index (χ3n) is 5.48. The second-order valence-electron chi connectivity index (χ2n) is 8.59. The van der Waals surface area contributed by atoms with E-state index in [4.69, 9.17) is 28.4 Å². The van der Waals surface area contributed by atoms with Gasteiger partial charge in [0.1, 0.15) is 12.7 Å². The molecule has 5 atom stereocenters. The number of carbonyl (C=O) groups excluding carboxylic acids is 4. The van der Waals surface area contributed by atoms with Crippen LogP contribution in [-0.2, 0) is 49.3 Å². The van der Waals surface area contributed by atoms with Crippen LogP contribution >= 0.6 is 0 Å². The predicted octanol–water partition coefficient (Wildman–Crippen LogP) is 1.11. The van der Waals surface area contributed by atoms with Gasteiger partial charge in [0.05, 0.1) is 0 Å². The van der Waals surface area contributed by atoms with Crippen LogP contribution in [0.25, 0.3) is 5.65 Å². The molecule has 0 aromatic carbocycles. The fourth-order valence-electron chi connectivity index (χ4n) is 4.06. The van der Waals surface area contributed by atoms with Crippen molar-refractivity contribution in [1.82, 2.24) is 9.38 Å². The quantitative estimate of drug-likeness (QED) is 0.334. The molecule has 1 fully saturated rings. The number of nitrogens with zero attached hydrogens (tertiary/aromatic N) is 2. The lowest BCUT2D eigenvalue weighted by Crippen LogP contribution is -2.63. The van der Waals surface area contributed by atoms with Crippen LogP contribution in [0, 0.1) is 0 Å². The van der Waals surface area contributed by atoms with Crippen molar-refractivity contribution in [1.29, 1.82) is 0 Å². The number of carbonyl (C=O) groups is 4. The summed E-state index contributed by atoms with van der Waals surface area (Å²) in [4.78, 5) is 64.6. The molecule has 0 bridgehead atoms. The number of fused-ring (bicyclic) bond motifs is 1. The highest BCUT2D eigenvalue weighted by molar-refractivity contribution is 5.68. The zero-order valence-corrected chi connectivity index (χ0v) is 21.7. The Morgan fingerprint density at radius 1 is 0.947 bits per heavy atom. The highest BCUT2D eigenvalue weighted by Crippen LogP contribution is 2.31. The van der Waals surface area contributed by atoms with Gasteiger partial charge in [-0.3, -0.25) is 28.4 Å². The largest absolute Gasteiger partial charge is 0.463 e. The van der Waals surface area contributed by atoms with Gasteiger partial charge in [-0.15, -0.1) is 0 Å². The third-order valence-corrected chi connectivity index (χ3v) is 5.48. The summed E-state index contributed by atoms with van der Waals surface area (Å²) >= 11 is 0. The van der Waals surface area contributed by atoms with Crippen LogP contribution in [0.15, 0.2) is 29.3 Å². The Morgan fingerprint density at radius 3 is 2.18 bits per heavy atom. The minimum atomic E-state index is -1.45.